The quantitative estimate of drug-likeness (QED) is 0.871. The molecule has 22 heavy (non-hydrogen) atoms. The van der Waals surface area contributed by atoms with Crippen molar-refractivity contribution in [3.63, 3.8) is 0 Å². The van der Waals surface area contributed by atoms with Gasteiger partial charge < -0.3 is 4.90 Å². The van der Waals surface area contributed by atoms with E-state index in [-0.39, 0.29) is 17.7 Å². The van der Waals surface area contributed by atoms with Crippen LogP contribution in [-0.2, 0) is 16.0 Å². The predicted octanol–water partition coefficient (Wildman–Crippen LogP) is 3.16. The molecule has 0 saturated carbocycles. The van der Waals surface area contributed by atoms with E-state index in [1.165, 1.54) is 0 Å². The number of carbonyl (C=O) groups excluding carboxylic acids is 2. The van der Waals surface area contributed by atoms with Crippen LogP contribution in [0.15, 0.2) is 60.7 Å². The van der Waals surface area contributed by atoms with Crippen molar-refractivity contribution >= 4 is 11.7 Å². The van der Waals surface area contributed by atoms with Crippen molar-refractivity contribution in [3.05, 3.63) is 71.8 Å². The molecular formula is C19H19NO2. The summed E-state index contributed by atoms with van der Waals surface area (Å²) in [4.78, 5) is 26.4. The van der Waals surface area contributed by atoms with Crippen LogP contribution in [0.5, 0.6) is 0 Å². The second-order valence-electron chi connectivity index (χ2n) is 5.67. The molecule has 3 heteroatoms. The van der Waals surface area contributed by atoms with Crippen molar-refractivity contribution in [2.24, 2.45) is 0 Å². The lowest BCUT2D eigenvalue weighted by atomic mass is 9.93. The number of hydrogen-bond donors (Lipinski definition) is 0. The van der Waals surface area contributed by atoms with Gasteiger partial charge in [0.05, 0.1) is 12.5 Å². The molecule has 1 amide bonds. The number of hydrogen-bond acceptors (Lipinski definition) is 2. The summed E-state index contributed by atoms with van der Waals surface area (Å²) in [6.07, 6.45) is 1.27. The molecular weight excluding hydrogens is 274 g/mol. The molecule has 1 heterocycles. The lowest BCUT2D eigenvalue weighted by Crippen LogP contribution is -2.42. The molecule has 0 spiro atoms. The van der Waals surface area contributed by atoms with Gasteiger partial charge in [0.15, 0.2) is 0 Å². The van der Waals surface area contributed by atoms with E-state index in [0.29, 0.717) is 25.8 Å². The van der Waals surface area contributed by atoms with Crippen molar-refractivity contribution in [2.45, 2.75) is 25.3 Å². The Morgan fingerprint density at radius 3 is 2.32 bits per heavy atom. The highest BCUT2D eigenvalue weighted by atomic mass is 16.2. The van der Waals surface area contributed by atoms with Gasteiger partial charge in [-0.3, -0.25) is 9.59 Å². The number of rotatable bonds is 3. The third-order valence-corrected chi connectivity index (χ3v) is 4.13. The Balaban J connectivity index is 1.80. The van der Waals surface area contributed by atoms with Gasteiger partial charge in [-0.1, -0.05) is 60.7 Å². The van der Waals surface area contributed by atoms with Crippen LogP contribution in [0.25, 0.3) is 0 Å². The average molecular weight is 293 g/mol. The van der Waals surface area contributed by atoms with E-state index in [9.17, 15) is 9.59 Å². The van der Waals surface area contributed by atoms with Crippen LogP contribution in [0.3, 0.4) is 0 Å². The minimum Gasteiger partial charge on any atom is -0.334 e. The van der Waals surface area contributed by atoms with Crippen molar-refractivity contribution in [1.82, 2.24) is 4.90 Å². The number of amides is 1. The highest BCUT2D eigenvalue weighted by molar-refractivity contribution is 5.85. The maximum Gasteiger partial charge on any atom is 0.227 e. The van der Waals surface area contributed by atoms with Crippen molar-refractivity contribution in [2.75, 3.05) is 6.54 Å². The Morgan fingerprint density at radius 1 is 1.00 bits per heavy atom. The number of Topliss-reactive ketones (excluding diaryl/α,β-unsaturated/α-hetero) is 1. The third-order valence-electron chi connectivity index (χ3n) is 4.13. The molecule has 0 bridgehead atoms. The van der Waals surface area contributed by atoms with Crippen LogP contribution in [0.4, 0.5) is 0 Å². The molecule has 112 valence electrons. The summed E-state index contributed by atoms with van der Waals surface area (Å²) in [7, 11) is 0. The van der Waals surface area contributed by atoms with Gasteiger partial charge in [0.2, 0.25) is 5.91 Å². The van der Waals surface area contributed by atoms with Gasteiger partial charge in [0, 0.05) is 19.4 Å². The molecule has 1 fully saturated rings. The minimum absolute atomic E-state index is 0.0903. The smallest absolute Gasteiger partial charge is 0.227 e. The van der Waals surface area contributed by atoms with E-state index in [0.717, 1.165) is 11.1 Å². The molecule has 1 unspecified atom stereocenters. The number of carbonyl (C=O) groups is 2. The Labute approximate surface area is 130 Å². The first-order valence-corrected chi connectivity index (χ1v) is 7.64. The molecule has 2 aromatic carbocycles. The Morgan fingerprint density at radius 2 is 1.64 bits per heavy atom. The van der Waals surface area contributed by atoms with E-state index in [1.807, 2.05) is 65.6 Å². The summed E-state index contributed by atoms with van der Waals surface area (Å²) in [6.45, 7) is 0.518. The topological polar surface area (TPSA) is 37.4 Å². The molecule has 2 aromatic rings. The molecule has 1 aliphatic rings. The number of ketones is 1. The number of benzene rings is 2. The van der Waals surface area contributed by atoms with Gasteiger partial charge in [0.1, 0.15) is 5.78 Å². The zero-order chi connectivity index (χ0) is 15.4. The van der Waals surface area contributed by atoms with E-state index in [2.05, 4.69) is 0 Å². The molecule has 1 atom stereocenters. The SMILES string of the molecule is O=C1CCN(C(=O)Cc2ccccc2)C(c2ccccc2)C1. The standard InChI is InChI=1S/C19H19NO2/c21-17-11-12-20(18(14-17)16-9-5-2-6-10-16)19(22)13-15-7-3-1-4-8-15/h1-10,18H,11-14H2. The Hall–Kier alpha value is -2.42. The Bertz CT molecular complexity index is 652. The fourth-order valence-corrected chi connectivity index (χ4v) is 2.97. The molecule has 3 nitrogen and oxygen atoms in total. The fraction of sp³-hybridized carbons (Fsp3) is 0.263. The van der Waals surface area contributed by atoms with Crippen LogP contribution in [0.1, 0.15) is 30.0 Å². The van der Waals surface area contributed by atoms with Gasteiger partial charge in [-0.05, 0) is 11.1 Å². The molecule has 0 aliphatic carbocycles. The largest absolute Gasteiger partial charge is 0.334 e. The van der Waals surface area contributed by atoms with Gasteiger partial charge in [-0.25, -0.2) is 0 Å². The fourth-order valence-electron chi connectivity index (χ4n) is 2.97. The monoisotopic (exact) mass is 293 g/mol. The normalized spacial score (nSPS) is 18.3. The van der Waals surface area contributed by atoms with E-state index >= 15 is 0 Å². The van der Waals surface area contributed by atoms with Crippen LogP contribution in [-0.4, -0.2) is 23.1 Å². The van der Waals surface area contributed by atoms with Crippen molar-refractivity contribution in [1.29, 1.82) is 0 Å². The zero-order valence-corrected chi connectivity index (χ0v) is 12.4. The number of piperidine rings is 1. The first kappa shape index (κ1) is 14.5. The summed E-state index contributed by atoms with van der Waals surface area (Å²) in [6, 6.07) is 19.5. The lowest BCUT2D eigenvalue weighted by molar-refractivity contribution is -0.137. The zero-order valence-electron chi connectivity index (χ0n) is 12.4. The van der Waals surface area contributed by atoms with Crippen molar-refractivity contribution < 1.29 is 9.59 Å². The summed E-state index contributed by atoms with van der Waals surface area (Å²) < 4.78 is 0. The van der Waals surface area contributed by atoms with Gasteiger partial charge >= 0.3 is 0 Å². The molecule has 1 saturated heterocycles. The summed E-state index contributed by atoms with van der Waals surface area (Å²) in [5.74, 6) is 0.324. The van der Waals surface area contributed by atoms with E-state index in [4.69, 9.17) is 0 Å². The summed E-state index contributed by atoms with van der Waals surface area (Å²) in [5.41, 5.74) is 2.05. The first-order valence-electron chi connectivity index (χ1n) is 7.64. The Kier molecular flexibility index (Phi) is 4.33. The lowest BCUT2D eigenvalue weighted by Gasteiger charge is -2.35. The van der Waals surface area contributed by atoms with Crippen molar-refractivity contribution in [3.8, 4) is 0 Å². The van der Waals surface area contributed by atoms with Crippen LogP contribution >= 0.6 is 0 Å². The predicted molar refractivity (Wildman–Crippen MR) is 85.3 cm³/mol. The number of likely N-dealkylation sites (tertiary alicyclic amines) is 1. The molecule has 0 N–H and O–H groups in total. The first-order chi connectivity index (χ1) is 10.7. The molecule has 1 aliphatic heterocycles. The van der Waals surface area contributed by atoms with Crippen LogP contribution < -0.4 is 0 Å². The molecule has 0 aromatic heterocycles. The summed E-state index contributed by atoms with van der Waals surface area (Å²) >= 11 is 0. The summed E-state index contributed by atoms with van der Waals surface area (Å²) in [5, 5.41) is 0. The van der Waals surface area contributed by atoms with E-state index < -0.39 is 0 Å². The highest BCUT2D eigenvalue weighted by Gasteiger charge is 2.31. The van der Waals surface area contributed by atoms with Crippen LogP contribution in [0, 0.1) is 0 Å². The maximum atomic E-state index is 12.7. The average Bonchev–Trinajstić information content (AvgIpc) is 2.56. The van der Waals surface area contributed by atoms with Gasteiger partial charge in [-0.2, -0.15) is 0 Å². The highest BCUT2D eigenvalue weighted by Crippen LogP contribution is 2.29. The second kappa shape index (κ2) is 6.56. The van der Waals surface area contributed by atoms with Gasteiger partial charge in [-0.15, -0.1) is 0 Å². The maximum absolute atomic E-state index is 12.7. The minimum atomic E-state index is -0.126. The van der Waals surface area contributed by atoms with Gasteiger partial charge in [0.25, 0.3) is 0 Å². The van der Waals surface area contributed by atoms with Crippen LogP contribution in [0.2, 0.25) is 0 Å². The third kappa shape index (κ3) is 3.25. The number of nitrogens with zero attached hydrogens (tertiary/aromatic N) is 1. The molecule has 3 rings (SSSR count). The second-order valence-corrected chi connectivity index (χ2v) is 5.67. The van der Waals surface area contributed by atoms with E-state index in [1.54, 1.807) is 0 Å². The molecule has 0 radical (unpaired) electrons.